The molecule has 0 aliphatic rings. The van der Waals surface area contributed by atoms with Crippen LogP contribution < -0.4 is 5.32 Å². The summed E-state index contributed by atoms with van der Waals surface area (Å²) in [6, 6.07) is 13.2. The average Bonchev–Trinajstić information content (AvgIpc) is 2.49. The van der Waals surface area contributed by atoms with Crippen LogP contribution in [0.5, 0.6) is 0 Å². The summed E-state index contributed by atoms with van der Waals surface area (Å²) in [6.07, 6.45) is 0. The molecule has 2 nitrogen and oxygen atoms in total. The summed E-state index contributed by atoms with van der Waals surface area (Å²) in [5.74, 6) is -1.84. The number of amides is 1. The molecule has 2 aromatic carbocycles. The molecule has 0 saturated carbocycles. The Hall–Kier alpha value is -1.88. The molecule has 1 atom stereocenters. The van der Waals surface area contributed by atoms with Crippen LogP contribution in [0.4, 0.5) is 14.5 Å². The number of halogens is 2. The van der Waals surface area contributed by atoms with Crippen LogP contribution >= 0.6 is 11.8 Å². The first-order chi connectivity index (χ1) is 10.1. The molecule has 0 radical (unpaired) electrons. The van der Waals surface area contributed by atoms with E-state index in [-0.39, 0.29) is 11.0 Å². The number of nitrogens with one attached hydrogen (secondary N) is 1. The van der Waals surface area contributed by atoms with Crippen molar-refractivity contribution in [3.8, 4) is 0 Å². The van der Waals surface area contributed by atoms with Crippen LogP contribution in [0.2, 0.25) is 0 Å². The van der Waals surface area contributed by atoms with E-state index in [1.54, 1.807) is 0 Å². The second-order valence-electron chi connectivity index (χ2n) is 4.51. The van der Waals surface area contributed by atoms with Gasteiger partial charge in [0.05, 0.1) is 5.75 Å². The number of hydrogen-bond acceptors (Lipinski definition) is 2. The van der Waals surface area contributed by atoms with Gasteiger partial charge in [0.1, 0.15) is 17.3 Å². The number of anilines is 1. The molecule has 0 heterocycles. The van der Waals surface area contributed by atoms with E-state index < -0.39 is 23.2 Å². The molecular weight excluding hydrogens is 292 g/mol. The van der Waals surface area contributed by atoms with Gasteiger partial charge in [0.25, 0.3) is 0 Å². The normalized spacial score (nSPS) is 12.0. The third kappa shape index (κ3) is 4.29. The molecule has 0 saturated heterocycles. The van der Waals surface area contributed by atoms with Gasteiger partial charge in [-0.05, 0) is 24.6 Å². The fourth-order valence-electron chi connectivity index (χ4n) is 1.81. The number of rotatable bonds is 5. The number of thioether (sulfide) groups is 1. The van der Waals surface area contributed by atoms with Crippen LogP contribution in [0.3, 0.4) is 0 Å². The minimum atomic E-state index is -0.774. The number of benzene rings is 2. The molecule has 1 N–H and O–H groups in total. The smallest absolute Gasteiger partial charge is 0.234 e. The number of carbonyl (C=O) groups is 1. The van der Waals surface area contributed by atoms with E-state index in [4.69, 9.17) is 0 Å². The first kappa shape index (κ1) is 15.5. The lowest BCUT2D eigenvalue weighted by molar-refractivity contribution is -0.113. The van der Waals surface area contributed by atoms with Crippen LogP contribution in [-0.4, -0.2) is 11.7 Å². The highest BCUT2D eigenvalue weighted by Crippen LogP contribution is 2.28. The van der Waals surface area contributed by atoms with Gasteiger partial charge in [0, 0.05) is 5.25 Å². The van der Waals surface area contributed by atoms with Gasteiger partial charge in [-0.3, -0.25) is 4.79 Å². The fraction of sp³-hybridized carbons (Fsp3) is 0.188. The Bertz CT molecular complexity index is 599. The van der Waals surface area contributed by atoms with Crippen molar-refractivity contribution in [2.24, 2.45) is 0 Å². The van der Waals surface area contributed by atoms with Gasteiger partial charge in [-0.2, -0.15) is 0 Å². The summed E-state index contributed by atoms with van der Waals surface area (Å²) < 4.78 is 26.8. The van der Waals surface area contributed by atoms with Crippen molar-refractivity contribution >= 4 is 23.4 Å². The van der Waals surface area contributed by atoms with Crippen LogP contribution in [0.1, 0.15) is 17.7 Å². The molecule has 2 rings (SSSR count). The Morgan fingerprint density at radius 2 is 1.71 bits per heavy atom. The number of hydrogen-bond donors (Lipinski definition) is 1. The third-order valence-electron chi connectivity index (χ3n) is 2.96. The van der Waals surface area contributed by atoms with Gasteiger partial charge in [0.2, 0.25) is 5.91 Å². The second-order valence-corrected chi connectivity index (χ2v) is 5.84. The quantitative estimate of drug-likeness (QED) is 0.887. The van der Waals surface area contributed by atoms with E-state index in [2.05, 4.69) is 5.32 Å². The Kier molecular flexibility index (Phi) is 5.33. The SMILES string of the molecule is C[C@H](SCC(=O)Nc1c(F)cccc1F)c1ccccc1. The van der Waals surface area contributed by atoms with Gasteiger partial charge in [-0.15, -0.1) is 11.8 Å². The number of para-hydroxylation sites is 1. The summed E-state index contributed by atoms with van der Waals surface area (Å²) in [7, 11) is 0. The summed E-state index contributed by atoms with van der Waals surface area (Å²) in [5.41, 5.74) is 0.711. The second kappa shape index (κ2) is 7.22. The monoisotopic (exact) mass is 307 g/mol. The van der Waals surface area contributed by atoms with Crippen LogP contribution in [0.15, 0.2) is 48.5 Å². The standard InChI is InChI=1S/C16H15F2NOS/c1-11(12-6-3-2-4-7-12)21-10-15(20)19-16-13(17)8-5-9-14(16)18/h2-9,11H,10H2,1H3,(H,19,20)/t11-/m0/s1. The molecule has 0 aliphatic heterocycles. The zero-order chi connectivity index (χ0) is 15.2. The van der Waals surface area contributed by atoms with Crippen LogP contribution in [-0.2, 0) is 4.79 Å². The molecule has 0 unspecified atom stereocenters. The van der Waals surface area contributed by atoms with Crippen molar-refractivity contribution < 1.29 is 13.6 Å². The molecule has 0 bridgehead atoms. The molecular formula is C16H15F2NOS. The van der Waals surface area contributed by atoms with Crippen molar-refractivity contribution in [3.05, 3.63) is 65.7 Å². The van der Waals surface area contributed by atoms with E-state index in [1.807, 2.05) is 37.3 Å². The average molecular weight is 307 g/mol. The molecule has 1 amide bonds. The molecule has 5 heteroatoms. The van der Waals surface area contributed by atoms with E-state index in [1.165, 1.54) is 17.8 Å². The first-order valence-electron chi connectivity index (χ1n) is 6.48. The van der Waals surface area contributed by atoms with Gasteiger partial charge < -0.3 is 5.32 Å². The predicted octanol–water partition coefficient (Wildman–Crippen LogP) is 4.40. The zero-order valence-electron chi connectivity index (χ0n) is 11.5. The van der Waals surface area contributed by atoms with Crippen molar-refractivity contribution in [1.29, 1.82) is 0 Å². The van der Waals surface area contributed by atoms with Crippen LogP contribution in [0, 0.1) is 11.6 Å². The van der Waals surface area contributed by atoms with Gasteiger partial charge in [0.15, 0.2) is 0 Å². The topological polar surface area (TPSA) is 29.1 Å². The Morgan fingerprint density at radius 3 is 2.33 bits per heavy atom. The summed E-state index contributed by atoms with van der Waals surface area (Å²) >= 11 is 1.41. The maximum Gasteiger partial charge on any atom is 0.234 e. The lowest BCUT2D eigenvalue weighted by atomic mass is 10.2. The summed E-state index contributed by atoms with van der Waals surface area (Å²) in [6.45, 7) is 1.98. The van der Waals surface area contributed by atoms with Crippen molar-refractivity contribution in [2.45, 2.75) is 12.2 Å². The highest BCUT2D eigenvalue weighted by Gasteiger charge is 2.13. The van der Waals surface area contributed by atoms with E-state index in [0.717, 1.165) is 17.7 Å². The highest BCUT2D eigenvalue weighted by atomic mass is 32.2. The highest BCUT2D eigenvalue weighted by molar-refractivity contribution is 8.00. The lowest BCUT2D eigenvalue weighted by Gasteiger charge is -2.12. The van der Waals surface area contributed by atoms with Gasteiger partial charge >= 0.3 is 0 Å². The van der Waals surface area contributed by atoms with Crippen molar-refractivity contribution in [2.75, 3.05) is 11.1 Å². The van der Waals surface area contributed by atoms with E-state index in [9.17, 15) is 13.6 Å². The maximum absolute atomic E-state index is 13.4. The minimum Gasteiger partial charge on any atom is -0.320 e. The first-order valence-corrected chi connectivity index (χ1v) is 7.53. The largest absolute Gasteiger partial charge is 0.320 e. The van der Waals surface area contributed by atoms with Gasteiger partial charge in [-0.1, -0.05) is 36.4 Å². The maximum atomic E-state index is 13.4. The van der Waals surface area contributed by atoms with Crippen LogP contribution in [0.25, 0.3) is 0 Å². The molecule has 0 fully saturated rings. The number of carbonyl (C=O) groups excluding carboxylic acids is 1. The van der Waals surface area contributed by atoms with Gasteiger partial charge in [-0.25, -0.2) is 8.78 Å². The summed E-state index contributed by atoms with van der Waals surface area (Å²) in [5, 5.41) is 2.40. The molecule has 2 aromatic rings. The molecule has 110 valence electrons. The molecule has 0 aromatic heterocycles. The third-order valence-corrected chi connectivity index (χ3v) is 4.16. The fourth-order valence-corrected chi connectivity index (χ4v) is 2.64. The van der Waals surface area contributed by atoms with Crippen molar-refractivity contribution in [3.63, 3.8) is 0 Å². The Labute approximate surface area is 126 Å². The minimum absolute atomic E-state index is 0.127. The van der Waals surface area contributed by atoms with E-state index in [0.29, 0.717) is 0 Å². The molecule has 21 heavy (non-hydrogen) atoms. The van der Waals surface area contributed by atoms with E-state index >= 15 is 0 Å². The predicted molar refractivity (Wildman–Crippen MR) is 82.3 cm³/mol. The lowest BCUT2D eigenvalue weighted by Crippen LogP contribution is -2.16. The van der Waals surface area contributed by atoms with Crippen molar-refractivity contribution in [1.82, 2.24) is 0 Å². The Balaban J connectivity index is 1.91. The Morgan fingerprint density at radius 1 is 1.10 bits per heavy atom. The molecule has 0 aliphatic carbocycles. The zero-order valence-corrected chi connectivity index (χ0v) is 12.3. The summed E-state index contributed by atoms with van der Waals surface area (Å²) in [4.78, 5) is 11.8. The molecule has 0 spiro atoms.